The van der Waals surface area contributed by atoms with Gasteiger partial charge >= 0.3 is 0 Å². The monoisotopic (exact) mass is 183 g/mol. The second-order valence-corrected chi connectivity index (χ2v) is 3.56. The summed E-state index contributed by atoms with van der Waals surface area (Å²) in [5.41, 5.74) is 1.42. The van der Waals surface area contributed by atoms with Crippen molar-refractivity contribution in [1.29, 1.82) is 0 Å². The Balaban J connectivity index is 3.33. The third kappa shape index (κ3) is 8.01. The van der Waals surface area contributed by atoms with Gasteiger partial charge in [0.2, 0.25) is 0 Å². The van der Waals surface area contributed by atoms with Gasteiger partial charge < -0.3 is 0 Å². The molecule has 0 amide bonds. The van der Waals surface area contributed by atoms with E-state index in [9.17, 15) is 0 Å². The second kappa shape index (κ2) is 9.76. The van der Waals surface area contributed by atoms with Gasteiger partial charge in [0.1, 0.15) is 0 Å². The van der Waals surface area contributed by atoms with E-state index in [1.54, 1.807) is 0 Å². The first-order chi connectivity index (χ1) is 6.35. The van der Waals surface area contributed by atoms with Crippen LogP contribution in [0, 0.1) is 0 Å². The van der Waals surface area contributed by atoms with Crippen molar-refractivity contribution < 1.29 is 0 Å². The minimum atomic E-state index is 0.956. The molecule has 1 nitrogen and oxygen atoms in total. The summed E-state index contributed by atoms with van der Waals surface area (Å²) in [6, 6.07) is 0. The van der Waals surface area contributed by atoms with Gasteiger partial charge in [-0.05, 0) is 26.2 Å². The zero-order valence-electron chi connectivity index (χ0n) is 9.60. The zero-order chi connectivity index (χ0) is 9.94. The number of aliphatic imine (C=N–C) groups is 1. The molecule has 0 N–H and O–H groups in total. The molecular weight excluding hydrogens is 158 g/mol. The highest BCUT2D eigenvalue weighted by molar-refractivity contribution is 5.84. The second-order valence-electron chi connectivity index (χ2n) is 3.56. The van der Waals surface area contributed by atoms with Crippen LogP contribution in [0.5, 0.6) is 0 Å². The summed E-state index contributed by atoms with van der Waals surface area (Å²) in [5, 5.41) is 0. The minimum absolute atomic E-state index is 0.956. The highest BCUT2D eigenvalue weighted by Crippen LogP contribution is 2.07. The van der Waals surface area contributed by atoms with Crippen LogP contribution in [0.3, 0.4) is 0 Å². The van der Waals surface area contributed by atoms with Crippen LogP contribution in [0.15, 0.2) is 4.99 Å². The summed E-state index contributed by atoms with van der Waals surface area (Å²) in [4.78, 5) is 4.48. The molecule has 13 heavy (non-hydrogen) atoms. The fraction of sp³-hybridized carbons (Fsp3) is 0.917. The first-order valence-corrected chi connectivity index (χ1v) is 5.87. The molecule has 0 fully saturated rings. The highest BCUT2D eigenvalue weighted by Gasteiger charge is 1.95. The topological polar surface area (TPSA) is 12.4 Å². The molecule has 0 saturated heterocycles. The number of hydrogen-bond acceptors (Lipinski definition) is 1. The molecule has 0 aromatic carbocycles. The smallest absolute Gasteiger partial charge is 0.0360 e. The number of unbranched alkanes of at least 4 members (excludes halogenated alkanes) is 4. The van der Waals surface area contributed by atoms with Crippen LogP contribution in [0.4, 0.5) is 0 Å². The molecular formula is C12H25N. The van der Waals surface area contributed by atoms with Crippen LogP contribution in [0.25, 0.3) is 0 Å². The molecule has 0 aliphatic carbocycles. The van der Waals surface area contributed by atoms with Gasteiger partial charge in [0, 0.05) is 12.3 Å². The van der Waals surface area contributed by atoms with E-state index < -0.39 is 0 Å². The van der Waals surface area contributed by atoms with Crippen molar-refractivity contribution in [3.63, 3.8) is 0 Å². The van der Waals surface area contributed by atoms with Crippen LogP contribution in [0.1, 0.15) is 65.7 Å². The predicted octanol–water partition coefficient (Wildman–Crippen LogP) is 4.22. The summed E-state index contributed by atoms with van der Waals surface area (Å²) in [6.07, 6.45) is 9.23. The number of hydrogen-bond donors (Lipinski definition) is 0. The summed E-state index contributed by atoms with van der Waals surface area (Å²) >= 11 is 0. The Bertz CT molecular complexity index is 127. The van der Waals surface area contributed by atoms with Crippen LogP contribution < -0.4 is 0 Å². The van der Waals surface area contributed by atoms with Crippen molar-refractivity contribution in [3.05, 3.63) is 0 Å². The summed E-state index contributed by atoms with van der Waals surface area (Å²) in [5.74, 6) is 0. The Kier molecular flexibility index (Phi) is 9.51. The molecule has 0 aromatic rings. The molecule has 0 atom stereocenters. The van der Waals surface area contributed by atoms with E-state index in [1.165, 1.54) is 44.2 Å². The molecule has 0 bridgehead atoms. The largest absolute Gasteiger partial charge is 0.294 e. The first kappa shape index (κ1) is 12.7. The Labute approximate surface area is 83.6 Å². The van der Waals surface area contributed by atoms with Crippen LogP contribution >= 0.6 is 0 Å². The average Bonchev–Trinajstić information content (AvgIpc) is 2.16. The Morgan fingerprint density at radius 2 is 1.62 bits per heavy atom. The van der Waals surface area contributed by atoms with Crippen molar-refractivity contribution in [2.24, 2.45) is 4.99 Å². The van der Waals surface area contributed by atoms with Gasteiger partial charge in [-0.1, -0.05) is 39.5 Å². The van der Waals surface area contributed by atoms with E-state index in [0.29, 0.717) is 0 Å². The van der Waals surface area contributed by atoms with Crippen molar-refractivity contribution in [1.82, 2.24) is 0 Å². The van der Waals surface area contributed by atoms with Crippen LogP contribution in [-0.2, 0) is 0 Å². The quantitative estimate of drug-likeness (QED) is 0.395. The molecule has 0 spiro atoms. The lowest BCUT2D eigenvalue weighted by atomic mass is 10.1. The summed E-state index contributed by atoms with van der Waals surface area (Å²) in [6.45, 7) is 7.54. The van der Waals surface area contributed by atoms with Crippen molar-refractivity contribution >= 4 is 5.71 Å². The first-order valence-electron chi connectivity index (χ1n) is 5.87. The van der Waals surface area contributed by atoms with E-state index in [4.69, 9.17) is 0 Å². The lowest BCUT2D eigenvalue weighted by Gasteiger charge is -2.02. The molecule has 0 radical (unpaired) electrons. The van der Waals surface area contributed by atoms with Gasteiger partial charge in [0.25, 0.3) is 0 Å². The van der Waals surface area contributed by atoms with Crippen molar-refractivity contribution in [2.45, 2.75) is 65.7 Å². The number of rotatable bonds is 8. The fourth-order valence-corrected chi connectivity index (χ4v) is 1.52. The SMILES string of the molecule is CCCCCCCC(CC)=NCC. The molecule has 0 aromatic heterocycles. The van der Waals surface area contributed by atoms with Gasteiger partial charge in [-0.2, -0.15) is 0 Å². The van der Waals surface area contributed by atoms with Gasteiger partial charge in [0.05, 0.1) is 0 Å². The van der Waals surface area contributed by atoms with E-state index in [2.05, 4.69) is 25.8 Å². The molecule has 0 rings (SSSR count). The molecule has 0 aliphatic rings. The fourth-order valence-electron chi connectivity index (χ4n) is 1.52. The Morgan fingerprint density at radius 1 is 0.923 bits per heavy atom. The predicted molar refractivity (Wildman–Crippen MR) is 61.6 cm³/mol. The Hall–Kier alpha value is -0.330. The third-order valence-corrected chi connectivity index (χ3v) is 2.36. The van der Waals surface area contributed by atoms with Gasteiger partial charge in [-0.3, -0.25) is 4.99 Å². The van der Waals surface area contributed by atoms with Crippen molar-refractivity contribution in [3.8, 4) is 0 Å². The minimum Gasteiger partial charge on any atom is -0.294 e. The molecule has 0 unspecified atom stereocenters. The highest BCUT2D eigenvalue weighted by atomic mass is 14.7. The third-order valence-electron chi connectivity index (χ3n) is 2.36. The zero-order valence-corrected chi connectivity index (χ0v) is 9.60. The summed E-state index contributed by atoms with van der Waals surface area (Å²) in [7, 11) is 0. The Morgan fingerprint density at radius 3 is 2.15 bits per heavy atom. The molecule has 0 saturated carbocycles. The van der Waals surface area contributed by atoms with Gasteiger partial charge in [-0.25, -0.2) is 0 Å². The maximum atomic E-state index is 4.48. The number of nitrogens with zero attached hydrogens (tertiary/aromatic N) is 1. The maximum absolute atomic E-state index is 4.48. The molecule has 78 valence electrons. The van der Waals surface area contributed by atoms with Crippen LogP contribution in [0.2, 0.25) is 0 Å². The van der Waals surface area contributed by atoms with Crippen LogP contribution in [-0.4, -0.2) is 12.3 Å². The molecule has 0 aliphatic heterocycles. The maximum Gasteiger partial charge on any atom is 0.0360 e. The molecule has 0 heterocycles. The van der Waals surface area contributed by atoms with Gasteiger partial charge in [-0.15, -0.1) is 0 Å². The van der Waals surface area contributed by atoms with E-state index in [1.807, 2.05) is 0 Å². The standard InChI is InChI=1S/C12H25N/c1-4-7-8-9-10-11-12(5-2)13-6-3/h4-11H2,1-3H3. The average molecular weight is 183 g/mol. The van der Waals surface area contributed by atoms with Gasteiger partial charge in [0.15, 0.2) is 0 Å². The lowest BCUT2D eigenvalue weighted by Crippen LogP contribution is -1.97. The van der Waals surface area contributed by atoms with E-state index in [0.717, 1.165) is 13.0 Å². The normalized spacial score (nSPS) is 12.1. The lowest BCUT2D eigenvalue weighted by molar-refractivity contribution is 0.641. The van der Waals surface area contributed by atoms with Crippen molar-refractivity contribution in [2.75, 3.05) is 6.54 Å². The van der Waals surface area contributed by atoms with E-state index >= 15 is 0 Å². The molecule has 1 heteroatoms. The van der Waals surface area contributed by atoms with E-state index in [-0.39, 0.29) is 0 Å². The summed E-state index contributed by atoms with van der Waals surface area (Å²) < 4.78 is 0.